The lowest BCUT2D eigenvalue weighted by Crippen LogP contribution is -2.41. The summed E-state index contributed by atoms with van der Waals surface area (Å²) in [5.41, 5.74) is 0. The second-order valence-electron chi connectivity index (χ2n) is 4.60. The van der Waals surface area contributed by atoms with Crippen molar-refractivity contribution in [1.29, 1.82) is 0 Å². The van der Waals surface area contributed by atoms with Gasteiger partial charge in [-0.1, -0.05) is 17.5 Å². The Labute approximate surface area is 129 Å². The van der Waals surface area contributed by atoms with E-state index in [1.807, 2.05) is 0 Å². The van der Waals surface area contributed by atoms with Gasteiger partial charge in [0.05, 0.1) is 18.1 Å². The molecule has 1 aliphatic heterocycles. The van der Waals surface area contributed by atoms with E-state index in [9.17, 15) is 16.8 Å². The van der Waals surface area contributed by atoms with Gasteiger partial charge in [0.15, 0.2) is 9.84 Å². The number of halogens is 1. The number of nitrogens with zero attached hydrogens (tertiary/aromatic N) is 2. The molecular weight excluding hydrogens is 336 g/mol. The first-order chi connectivity index (χ1) is 9.78. The van der Waals surface area contributed by atoms with Crippen molar-refractivity contribution in [1.82, 2.24) is 9.29 Å². The van der Waals surface area contributed by atoms with E-state index in [1.165, 1.54) is 18.3 Å². The molecule has 1 saturated heterocycles. The molecule has 21 heavy (non-hydrogen) atoms. The predicted octanol–water partition coefficient (Wildman–Crippen LogP) is 0.546. The van der Waals surface area contributed by atoms with E-state index in [4.69, 9.17) is 18.0 Å². The van der Waals surface area contributed by atoms with Crippen molar-refractivity contribution in [2.45, 2.75) is 17.4 Å². The second-order valence-corrected chi connectivity index (χ2v) is 9.05. The summed E-state index contributed by atoms with van der Waals surface area (Å²) >= 11 is 5.83. The van der Waals surface area contributed by atoms with E-state index in [-0.39, 0.29) is 34.5 Å². The normalized spacial score (nSPS) is 21.3. The fourth-order valence-corrected chi connectivity index (χ4v) is 6.02. The van der Waals surface area contributed by atoms with Gasteiger partial charge in [-0.2, -0.15) is 4.31 Å². The molecule has 1 unspecified atom stereocenters. The quantitative estimate of drug-likeness (QED) is 0.586. The van der Waals surface area contributed by atoms with Crippen molar-refractivity contribution in [3.63, 3.8) is 0 Å². The fraction of sp³-hybridized carbons (Fsp3) is 0.417. The maximum atomic E-state index is 12.7. The Kier molecular flexibility index (Phi) is 4.58. The highest BCUT2D eigenvalue weighted by molar-refractivity contribution is 7.92. The molecule has 0 saturated carbocycles. The molecule has 0 aromatic carbocycles. The van der Waals surface area contributed by atoms with Crippen LogP contribution in [0.1, 0.15) is 6.42 Å². The Balaban J connectivity index is 2.43. The van der Waals surface area contributed by atoms with Gasteiger partial charge in [0.25, 0.3) is 0 Å². The number of terminal acetylenes is 1. The van der Waals surface area contributed by atoms with Crippen LogP contribution in [0.4, 0.5) is 0 Å². The van der Waals surface area contributed by atoms with Crippen LogP contribution in [-0.4, -0.2) is 50.2 Å². The number of sulfonamides is 1. The standard InChI is InChI=1S/C12H13ClN2O4S2/c1-2-7-15(10-5-8-20(16,17)9-10)21(18,19)11-4-3-6-14-12(11)13/h1,3-4,6,10H,5,7-9H2. The Morgan fingerprint density at radius 3 is 2.76 bits per heavy atom. The molecule has 2 heterocycles. The van der Waals surface area contributed by atoms with E-state index in [1.54, 1.807) is 0 Å². The first-order valence-electron chi connectivity index (χ1n) is 6.04. The molecule has 0 radical (unpaired) electrons. The van der Waals surface area contributed by atoms with E-state index in [0.29, 0.717) is 0 Å². The molecule has 0 bridgehead atoms. The molecule has 0 aliphatic carbocycles. The first-order valence-corrected chi connectivity index (χ1v) is 9.68. The Morgan fingerprint density at radius 1 is 1.52 bits per heavy atom. The van der Waals surface area contributed by atoms with Crippen LogP contribution >= 0.6 is 11.6 Å². The van der Waals surface area contributed by atoms with Gasteiger partial charge in [-0.15, -0.1) is 6.42 Å². The monoisotopic (exact) mass is 348 g/mol. The SMILES string of the molecule is C#CCN(C1CCS(=O)(=O)C1)S(=O)(=O)c1cccnc1Cl. The molecule has 1 atom stereocenters. The van der Waals surface area contributed by atoms with Crippen LogP contribution in [0.3, 0.4) is 0 Å². The molecule has 9 heteroatoms. The Hall–Kier alpha value is -1.14. The Bertz CT molecular complexity index is 784. The summed E-state index contributed by atoms with van der Waals surface area (Å²) in [5, 5.41) is -0.166. The lowest BCUT2D eigenvalue weighted by molar-refractivity contribution is 0.371. The average molecular weight is 349 g/mol. The van der Waals surface area contributed by atoms with Crippen molar-refractivity contribution in [2.24, 2.45) is 0 Å². The zero-order valence-electron chi connectivity index (χ0n) is 10.9. The minimum Gasteiger partial charge on any atom is -0.243 e. The highest BCUT2D eigenvalue weighted by Crippen LogP contribution is 2.27. The highest BCUT2D eigenvalue weighted by Gasteiger charge is 2.39. The summed E-state index contributed by atoms with van der Waals surface area (Å²) in [6, 6.07) is 2.09. The number of hydrogen-bond donors (Lipinski definition) is 0. The first kappa shape index (κ1) is 16.2. The van der Waals surface area contributed by atoms with Crippen LogP contribution < -0.4 is 0 Å². The average Bonchev–Trinajstić information content (AvgIpc) is 2.76. The number of aromatic nitrogens is 1. The topological polar surface area (TPSA) is 84.4 Å². The fourth-order valence-electron chi connectivity index (χ4n) is 2.19. The summed E-state index contributed by atoms with van der Waals surface area (Å²) in [4.78, 5) is 3.56. The lowest BCUT2D eigenvalue weighted by atomic mass is 10.3. The van der Waals surface area contributed by atoms with Crippen LogP contribution in [-0.2, 0) is 19.9 Å². The van der Waals surface area contributed by atoms with E-state index >= 15 is 0 Å². The zero-order chi connectivity index (χ0) is 15.7. The van der Waals surface area contributed by atoms with Gasteiger partial charge in [0.2, 0.25) is 10.0 Å². The minimum atomic E-state index is -4.00. The third kappa shape index (κ3) is 3.37. The molecule has 1 aliphatic rings. The van der Waals surface area contributed by atoms with Crippen LogP contribution in [0.15, 0.2) is 23.2 Å². The molecule has 6 nitrogen and oxygen atoms in total. The summed E-state index contributed by atoms with van der Waals surface area (Å²) in [7, 11) is -7.23. The third-order valence-electron chi connectivity index (χ3n) is 3.17. The van der Waals surface area contributed by atoms with Crippen molar-refractivity contribution in [3.8, 4) is 12.3 Å². The number of rotatable bonds is 4. The summed E-state index contributed by atoms with van der Waals surface area (Å²) < 4.78 is 49.5. The third-order valence-corrected chi connectivity index (χ3v) is 7.27. The maximum absolute atomic E-state index is 12.7. The molecule has 1 fully saturated rings. The van der Waals surface area contributed by atoms with Crippen LogP contribution in [0, 0.1) is 12.3 Å². The smallest absolute Gasteiger partial charge is 0.243 e. The molecule has 1 aromatic rings. The largest absolute Gasteiger partial charge is 0.247 e. The van der Waals surface area contributed by atoms with Gasteiger partial charge in [-0.25, -0.2) is 21.8 Å². The van der Waals surface area contributed by atoms with Gasteiger partial charge in [0.1, 0.15) is 10.0 Å². The highest BCUT2D eigenvalue weighted by atomic mass is 35.5. The molecular formula is C12H13ClN2O4S2. The molecule has 114 valence electrons. The summed E-state index contributed by atoms with van der Waals surface area (Å²) in [6.07, 6.45) is 6.81. The molecule has 2 rings (SSSR count). The predicted molar refractivity (Wildman–Crippen MR) is 79.0 cm³/mol. The van der Waals surface area contributed by atoms with Crippen molar-refractivity contribution < 1.29 is 16.8 Å². The molecule has 1 aromatic heterocycles. The minimum absolute atomic E-state index is 0.0466. The van der Waals surface area contributed by atoms with Gasteiger partial charge in [-0.3, -0.25) is 0 Å². The molecule has 0 N–H and O–H groups in total. The Morgan fingerprint density at radius 2 is 2.24 bits per heavy atom. The summed E-state index contributed by atoms with van der Waals surface area (Å²) in [6.45, 7) is -0.215. The van der Waals surface area contributed by atoms with Crippen molar-refractivity contribution >= 4 is 31.5 Å². The molecule has 0 spiro atoms. The zero-order valence-corrected chi connectivity index (χ0v) is 13.3. The number of sulfone groups is 1. The van der Waals surface area contributed by atoms with Gasteiger partial charge < -0.3 is 0 Å². The number of pyridine rings is 1. The van der Waals surface area contributed by atoms with E-state index in [2.05, 4.69) is 10.9 Å². The second kappa shape index (κ2) is 5.93. The van der Waals surface area contributed by atoms with E-state index in [0.717, 1.165) is 4.31 Å². The van der Waals surface area contributed by atoms with Gasteiger partial charge >= 0.3 is 0 Å². The summed E-state index contributed by atoms with van der Waals surface area (Å²) in [5.74, 6) is 1.98. The maximum Gasteiger partial charge on any atom is 0.247 e. The number of hydrogen-bond acceptors (Lipinski definition) is 5. The van der Waals surface area contributed by atoms with E-state index < -0.39 is 25.9 Å². The van der Waals surface area contributed by atoms with Gasteiger partial charge in [0, 0.05) is 12.2 Å². The van der Waals surface area contributed by atoms with Gasteiger partial charge in [-0.05, 0) is 18.6 Å². The lowest BCUT2D eigenvalue weighted by Gasteiger charge is -2.25. The van der Waals surface area contributed by atoms with Crippen LogP contribution in [0.2, 0.25) is 5.15 Å². The van der Waals surface area contributed by atoms with Crippen LogP contribution in [0.25, 0.3) is 0 Å². The molecule has 0 amide bonds. The van der Waals surface area contributed by atoms with Crippen LogP contribution in [0.5, 0.6) is 0 Å². The van der Waals surface area contributed by atoms with Crippen molar-refractivity contribution in [2.75, 3.05) is 18.1 Å². The van der Waals surface area contributed by atoms with Crippen molar-refractivity contribution in [3.05, 3.63) is 23.5 Å².